The number of hydrogen-bond acceptors (Lipinski definition) is 9. The fourth-order valence-corrected chi connectivity index (χ4v) is 3.67. The van der Waals surface area contributed by atoms with E-state index in [4.69, 9.17) is 26.2 Å². The number of nitrogens with zero attached hydrogens (tertiary/aromatic N) is 3. The number of benzene rings is 3. The molecule has 0 bridgehead atoms. The molecule has 0 unspecified atom stereocenters. The van der Waals surface area contributed by atoms with Gasteiger partial charge in [0.25, 0.3) is 11.8 Å². The summed E-state index contributed by atoms with van der Waals surface area (Å²) >= 11 is 5.96. The number of halogens is 1. The Kier molecular flexibility index (Phi) is 11.0. The number of hydrogen-bond donors (Lipinski definition) is 1. The molecule has 0 atom stereocenters. The summed E-state index contributed by atoms with van der Waals surface area (Å²) in [6, 6.07) is 19.6. The van der Waals surface area contributed by atoms with Gasteiger partial charge in [0.05, 0.1) is 17.3 Å². The van der Waals surface area contributed by atoms with Crippen LogP contribution in [0.15, 0.2) is 84.0 Å². The fraction of sp³-hybridized carbons (Fsp3) is 0.200. The number of carbonyl (C=O) groups excluding carboxylic acids is 4. The number of carboxylic acid groups (broad SMARTS) is 1. The van der Waals surface area contributed by atoms with Gasteiger partial charge in [-0.1, -0.05) is 47.1 Å². The van der Waals surface area contributed by atoms with Crippen LogP contribution in [0.5, 0.6) is 0 Å². The average molecular weight is 610 g/mol. The van der Waals surface area contributed by atoms with E-state index in [1.54, 1.807) is 51.1 Å². The van der Waals surface area contributed by atoms with Crippen molar-refractivity contribution in [3.05, 3.63) is 106 Å². The Morgan fingerprint density at radius 1 is 0.814 bits per heavy atom. The summed E-state index contributed by atoms with van der Waals surface area (Å²) < 4.78 is 10.2. The first-order chi connectivity index (χ1) is 20.4. The molecule has 3 aromatic carbocycles. The van der Waals surface area contributed by atoms with E-state index < -0.39 is 48.8 Å². The first-order valence-electron chi connectivity index (χ1n) is 12.7. The van der Waals surface area contributed by atoms with Crippen LogP contribution in [0.25, 0.3) is 0 Å². The normalized spacial score (nSPS) is 11.0. The standard InChI is InChI=1S/C30H28ClN3O9/c1-30(2,3)34(27(38)21-7-5-4-6-8-21)33(26(37)22-13-15-24(31)16-14-22)29(40)42-19-41-28(39)23-11-9-20(10-12-23)17-32-43-18-25(35)36/h4-17H,18-19H2,1-3H3,(H,35,36)/b32-17+. The molecular weight excluding hydrogens is 582 g/mol. The molecule has 12 nitrogen and oxygen atoms in total. The van der Waals surface area contributed by atoms with Gasteiger partial charge in [-0.3, -0.25) is 9.59 Å². The van der Waals surface area contributed by atoms with Gasteiger partial charge in [0.2, 0.25) is 13.4 Å². The molecule has 13 heteroatoms. The summed E-state index contributed by atoms with van der Waals surface area (Å²) in [5.41, 5.74) is -0.216. The molecule has 0 aliphatic heterocycles. The van der Waals surface area contributed by atoms with Crippen molar-refractivity contribution in [2.24, 2.45) is 5.16 Å². The molecule has 43 heavy (non-hydrogen) atoms. The second-order valence-electron chi connectivity index (χ2n) is 9.76. The SMILES string of the molecule is CC(C)(C)N(C(=O)c1ccccc1)N(C(=O)OCOC(=O)c1ccc(/C=N/OCC(=O)O)cc1)C(=O)c1ccc(Cl)cc1. The van der Waals surface area contributed by atoms with Gasteiger partial charge >= 0.3 is 18.0 Å². The largest absolute Gasteiger partial charge is 0.479 e. The predicted molar refractivity (Wildman–Crippen MR) is 154 cm³/mol. The smallest absolute Gasteiger partial charge is 0.439 e. The van der Waals surface area contributed by atoms with Crippen LogP contribution in [0.2, 0.25) is 5.02 Å². The monoisotopic (exact) mass is 609 g/mol. The summed E-state index contributed by atoms with van der Waals surface area (Å²) in [7, 11) is 0. The van der Waals surface area contributed by atoms with E-state index in [1.807, 2.05) is 0 Å². The van der Waals surface area contributed by atoms with Gasteiger partial charge < -0.3 is 19.4 Å². The minimum absolute atomic E-state index is 0.0467. The first-order valence-corrected chi connectivity index (χ1v) is 13.1. The highest BCUT2D eigenvalue weighted by atomic mass is 35.5. The maximum absolute atomic E-state index is 13.6. The summed E-state index contributed by atoms with van der Waals surface area (Å²) in [5.74, 6) is -3.55. The lowest BCUT2D eigenvalue weighted by Gasteiger charge is -2.41. The Hall–Kier alpha value is -5.23. The fourth-order valence-electron chi connectivity index (χ4n) is 3.54. The van der Waals surface area contributed by atoms with E-state index in [9.17, 15) is 24.0 Å². The molecule has 0 aromatic heterocycles. The van der Waals surface area contributed by atoms with Crippen molar-refractivity contribution in [2.75, 3.05) is 13.4 Å². The molecule has 0 radical (unpaired) electrons. The number of ether oxygens (including phenoxy) is 2. The maximum Gasteiger partial charge on any atom is 0.439 e. The predicted octanol–water partition coefficient (Wildman–Crippen LogP) is 5.02. The van der Waals surface area contributed by atoms with Crippen LogP contribution >= 0.6 is 11.6 Å². The molecule has 3 amide bonds. The molecule has 1 N–H and O–H groups in total. The van der Waals surface area contributed by atoms with Crippen molar-refractivity contribution < 1.29 is 43.4 Å². The summed E-state index contributed by atoms with van der Waals surface area (Å²) in [6.07, 6.45) is -0.0102. The third-order valence-electron chi connectivity index (χ3n) is 5.49. The quantitative estimate of drug-likeness (QED) is 0.152. The van der Waals surface area contributed by atoms with Crippen molar-refractivity contribution in [3.8, 4) is 0 Å². The number of oxime groups is 1. The van der Waals surface area contributed by atoms with Crippen molar-refractivity contribution in [2.45, 2.75) is 26.3 Å². The Bertz CT molecular complexity index is 1490. The van der Waals surface area contributed by atoms with Gasteiger partial charge in [-0.2, -0.15) is 0 Å². The van der Waals surface area contributed by atoms with Crippen molar-refractivity contribution in [3.63, 3.8) is 0 Å². The molecule has 3 aromatic rings. The number of hydrazine groups is 1. The van der Waals surface area contributed by atoms with E-state index in [0.717, 1.165) is 5.01 Å². The Labute approximate surface area is 252 Å². The average Bonchev–Trinajstić information content (AvgIpc) is 2.97. The van der Waals surface area contributed by atoms with Gasteiger partial charge in [-0.25, -0.2) is 19.4 Å². The zero-order valence-corrected chi connectivity index (χ0v) is 24.2. The van der Waals surface area contributed by atoms with Gasteiger partial charge in [0.15, 0.2) is 0 Å². The Morgan fingerprint density at radius 3 is 1.98 bits per heavy atom. The van der Waals surface area contributed by atoms with Gasteiger partial charge in [0, 0.05) is 16.1 Å². The van der Waals surface area contributed by atoms with Crippen LogP contribution in [0, 0.1) is 0 Å². The molecular formula is C30H28ClN3O9. The van der Waals surface area contributed by atoms with E-state index in [-0.39, 0.29) is 16.7 Å². The minimum Gasteiger partial charge on any atom is -0.479 e. The van der Waals surface area contributed by atoms with Crippen LogP contribution in [0.1, 0.15) is 57.4 Å². The molecule has 0 aliphatic rings. The van der Waals surface area contributed by atoms with E-state index in [0.29, 0.717) is 15.6 Å². The lowest BCUT2D eigenvalue weighted by atomic mass is 10.1. The molecule has 224 valence electrons. The number of rotatable bonds is 9. The molecule has 0 aliphatic carbocycles. The number of aliphatic carboxylic acids is 1. The van der Waals surface area contributed by atoms with Crippen molar-refractivity contribution in [1.29, 1.82) is 0 Å². The van der Waals surface area contributed by atoms with Crippen molar-refractivity contribution in [1.82, 2.24) is 10.0 Å². The lowest BCUT2D eigenvalue weighted by Crippen LogP contribution is -2.60. The zero-order chi connectivity index (χ0) is 31.6. The summed E-state index contributed by atoms with van der Waals surface area (Å²) in [6.45, 7) is 3.43. The Balaban J connectivity index is 1.77. The van der Waals surface area contributed by atoms with Crippen LogP contribution in [-0.4, -0.2) is 70.1 Å². The molecule has 0 saturated carbocycles. The minimum atomic E-state index is -1.26. The second-order valence-corrected chi connectivity index (χ2v) is 10.2. The second kappa shape index (κ2) is 14.6. The zero-order valence-electron chi connectivity index (χ0n) is 23.4. The van der Waals surface area contributed by atoms with Gasteiger partial charge in [-0.05, 0) is 74.9 Å². The third-order valence-corrected chi connectivity index (χ3v) is 5.74. The number of carbonyl (C=O) groups is 5. The molecule has 0 heterocycles. The van der Waals surface area contributed by atoms with Crippen LogP contribution in [0.3, 0.4) is 0 Å². The number of carboxylic acids is 1. The number of imide groups is 1. The molecule has 0 fully saturated rings. The highest BCUT2D eigenvalue weighted by Crippen LogP contribution is 2.24. The summed E-state index contributed by atoms with van der Waals surface area (Å²) in [5, 5.41) is 13.9. The summed E-state index contributed by atoms with van der Waals surface area (Å²) in [4.78, 5) is 68.2. The van der Waals surface area contributed by atoms with E-state index in [1.165, 1.54) is 54.7 Å². The first kappa shape index (κ1) is 32.3. The Morgan fingerprint density at radius 2 is 1.40 bits per heavy atom. The van der Waals surface area contributed by atoms with E-state index in [2.05, 4.69) is 9.99 Å². The molecule has 0 spiro atoms. The topological polar surface area (TPSA) is 152 Å². The number of esters is 1. The van der Waals surface area contributed by atoms with E-state index >= 15 is 0 Å². The molecule has 3 rings (SSSR count). The van der Waals surface area contributed by atoms with Crippen molar-refractivity contribution >= 4 is 47.7 Å². The van der Waals surface area contributed by atoms with Crippen LogP contribution in [0.4, 0.5) is 4.79 Å². The third kappa shape index (κ3) is 9.13. The van der Waals surface area contributed by atoms with Crippen LogP contribution < -0.4 is 0 Å². The molecule has 0 saturated heterocycles. The maximum atomic E-state index is 13.6. The van der Waals surface area contributed by atoms with Crippen LogP contribution in [-0.2, 0) is 19.1 Å². The highest BCUT2D eigenvalue weighted by Gasteiger charge is 2.41. The van der Waals surface area contributed by atoms with Gasteiger partial charge in [-0.15, -0.1) is 5.01 Å². The van der Waals surface area contributed by atoms with Gasteiger partial charge in [0.1, 0.15) is 0 Å². The number of amides is 3. The lowest BCUT2D eigenvalue weighted by molar-refractivity contribution is -0.142. The highest BCUT2D eigenvalue weighted by molar-refractivity contribution is 6.30.